The Morgan fingerprint density at radius 1 is 0.407 bits per heavy atom. The van der Waals surface area contributed by atoms with Crippen LogP contribution in [0.15, 0.2) is 0 Å². The molecule has 0 aromatic carbocycles. The summed E-state index contributed by atoms with van der Waals surface area (Å²) in [7, 11) is 0. The van der Waals surface area contributed by atoms with Gasteiger partial charge in [-0.1, -0.05) is 51.4 Å². The van der Waals surface area contributed by atoms with E-state index in [2.05, 4.69) is 10.6 Å². The Morgan fingerprint density at radius 3 is 1.06 bits per heavy atom. The number of rotatable bonds is 21. The second kappa shape index (κ2) is 18.1. The van der Waals surface area contributed by atoms with E-state index in [-0.39, 0.29) is 74.1 Å². The third kappa shape index (κ3) is 10.7. The average Bonchev–Trinajstić information content (AvgIpc) is 3.79. The molecular formula is C40H72N2O12. The molecule has 0 aromatic heterocycles. The van der Waals surface area contributed by atoms with E-state index >= 15 is 0 Å². The molecule has 6 saturated heterocycles. The molecule has 6 aliphatic rings. The summed E-state index contributed by atoms with van der Waals surface area (Å²) >= 11 is 0. The molecule has 54 heavy (non-hydrogen) atoms. The van der Waals surface area contributed by atoms with E-state index in [1.807, 2.05) is 55.4 Å². The molecule has 14 nitrogen and oxygen atoms in total. The van der Waals surface area contributed by atoms with Gasteiger partial charge in [0.1, 0.15) is 48.8 Å². The van der Waals surface area contributed by atoms with Gasteiger partial charge in [0.05, 0.1) is 0 Å². The predicted molar refractivity (Wildman–Crippen MR) is 198 cm³/mol. The van der Waals surface area contributed by atoms with Gasteiger partial charge in [0.15, 0.2) is 35.7 Å². The van der Waals surface area contributed by atoms with Crippen molar-refractivity contribution >= 4 is 0 Å². The fourth-order valence-corrected chi connectivity index (χ4v) is 9.22. The van der Waals surface area contributed by atoms with Crippen LogP contribution in [-0.2, 0) is 47.4 Å². The van der Waals surface area contributed by atoms with Crippen molar-refractivity contribution in [1.29, 1.82) is 0 Å². The first-order valence-electron chi connectivity index (χ1n) is 21.0. The quantitative estimate of drug-likeness (QED) is 0.122. The maximum Gasteiger partial charge on any atom is 0.190 e. The van der Waals surface area contributed by atoms with Gasteiger partial charge in [-0.15, -0.1) is 0 Å². The molecule has 4 N–H and O–H groups in total. The lowest BCUT2D eigenvalue weighted by molar-refractivity contribution is -0.240. The van der Waals surface area contributed by atoms with Crippen molar-refractivity contribution in [3.63, 3.8) is 0 Å². The molecule has 0 aromatic rings. The number of aliphatic hydroxyl groups is 2. The molecule has 0 saturated carbocycles. The van der Waals surface area contributed by atoms with Crippen molar-refractivity contribution in [2.75, 3.05) is 26.3 Å². The number of unbranched alkanes of at least 4 members (excludes halogenated alkanes) is 9. The Bertz CT molecular complexity index is 1090. The number of aliphatic hydroxyl groups excluding tert-OH is 2. The molecule has 12 atom stereocenters. The SMILES string of the molecule is CC1(C)O[C@H]2[C@@H](O1)[C@@H](C(CCO)NCCCCCCCCCCCCNC(CCO)[C@H]1O[C@@H]3OC(C)(C)O[C@@H]3[C@H]3OC(C)(C)O[C@H]31)O[C@@H]1OC(C)(C)O[C@@H]12. The number of hydrogen-bond donors (Lipinski definition) is 4. The molecule has 2 unspecified atom stereocenters. The average molecular weight is 773 g/mol. The van der Waals surface area contributed by atoms with Crippen molar-refractivity contribution in [2.24, 2.45) is 0 Å². The van der Waals surface area contributed by atoms with Gasteiger partial charge in [0.25, 0.3) is 0 Å². The largest absolute Gasteiger partial charge is 0.396 e. The van der Waals surface area contributed by atoms with Crippen molar-refractivity contribution in [3.05, 3.63) is 0 Å². The summed E-state index contributed by atoms with van der Waals surface area (Å²) in [4.78, 5) is 0. The van der Waals surface area contributed by atoms with Crippen molar-refractivity contribution in [3.8, 4) is 0 Å². The van der Waals surface area contributed by atoms with Gasteiger partial charge >= 0.3 is 0 Å². The summed E-state index contributed by atoms with van der Waals surface area (Å²) in [6.45, 7) is 17.1. The first-order valence-corrected chi connectivity index (χ1v) is 21.0. The zero-order chi connectivity index (χ0) is 38.7. The number of nitrogens with one attached hydrogen (secondary N) is 2. The summed E-state index contributed by atoms with van der Waals surface area (Å²) in [5.41, 5.74) is 0. The van der Waals surface area contributed by atoms with Gasteiger partial charge in [-0.25, -0.2) is 0 Å². The third-order valence-electron chi connectivity index (χ3n) is 11.5. The summed E-state index contributed by atoms with van der Waals surface area (Å²) < 4.78 is 62.6. The first-order chi connectivity index (χ1) is 25.6. The molecule has 0 aliphatic carbocycles. The highest BCUT2D eigenvalue weighted by Gasteiger charge is 2.63. The lowest BCUT2D eigenvalue weighted by Crippen LogP contribution is -2.61. The van der Waals surface area contributed by atoms with E-state index < -0.39 is 35.7 Å². The molecule has 6 heterocycles. The summed E-state index contributed by atoms with van der Waals surface area (Å²) in [6, 6.07) is -0.172. The highest BCUT2D eigenvalue weighted by Crippen LogP contribution is 2.46. The number of hydrogen-bond acceptors (Lipinski definition) is 14. The minimum absolute atomic E-state index is 0.0580. The van der Waals surface area contributed by atoms with Crippen LogP contribution >= 0.6 is 0 Å². The van der Waals surface area contributed by atoms with Crippen LogP contribution in [0.4, 0.5) is 0 Å². The minimum atomic E-state index is -0.756. The van der Waals surface area contributed by atoms with Crippen LogP contribution in [0.2, 0.25) is 0 Å². The van der Waals surface area contributed by atoms with Gasteiger partial charge in [0.2, 0.25) is 0 Å². The molecule has 6 rings (SSSR count). The van der Waals surface area contributed by atoms with Crippen LogP contribution in [-0.4, -0.2) is 133 Å². The zero-order valence-corrected chi connectivity index (χ0v) is 34.2. The molecule has 14 heteroatoms. The highest BCUT2D eigenvalue weighted by atomic mass is 16.9. The van der Waals surface area contributed by atoms with Crippen LogP contribution in [0.25, 0.3) is 0 Å². The van der Waals surface area contributed by atoms with Gasteiger partial charge in [-0.05, 0) is 94.2 Å². The zero-order valence-electron chi connectivity index (χ0n) is 34.2. The fourth-order valence-electron chi connectivity index (χ4n) is 9.22. The van der Waals surface area contributed by atoms with E-state index in [0.717, 1.165) is 25.9 Å². The Labute approximate surface area is 323 Å². The molecule has 0 radical (unpaired) electrons. The summed E-state index contributed by atoms with van der Waals surface area (Å²) in [5.74, 6) is -3.00. The monoisotopic (exact) mass is 773 g/mol. The molecule has 6 fully saturated rings. The minimum Gasteiger partial charge on any atom is -0.396 e. The molecule has 0 bridgehead atoms. The highest BCUT2D eigenvalue weighted by molar-refractivity contribution is 5.04. The maximum absolute atomic E-state index is 9.90. The van der Waals surface area contributed by atoms with E-state index in [4.69, 9.17) is 47.4 Å². The van der Waals surface area contributed by atoms with Crippen LogP contribution in [0.3, 0.4) is 0 Å². The smallest absolute Gasteiger partial charge is 0.190 e. The van der Waals surface area contributed by atoms with E-state index in [9.17, 15) is 10.2 Å². The van der Waals surface area contributed by atoms with Gasteiger partial charge in [-0.3, -0.25) is 0 Å². The first kappa shape index (κ1) is 43.0. The standard InChI is InChI=1S/C40H72N2O12/c1-37(2)47-29-27(45-35-33(31(29)49-37)51-39(5,6)53-35)25(19-23-43)41-21-17-15-13-11-9-10-12-14-16-18-22-42-26(20-24-44)28-30-32(50-38(3,4)48-30)34-36(46-28)54-40(7,8)52-34/h25-36,41-44H,9-24H2,1-8H3/t25?,26?,27-,28-,29+,30+,31+,32+,33-,34-,35-,36-/m1/s1. The lowest BCUT2D eigenvalue weighted by atomic mass is 9.92. The van der Waals surface area contributed by atoms with Crippen molar-refractivity contribution < 1.29 is 57.6 Å². The van der Waals surface area contributed by atoms with Gasteiger partial charge < -0.3 is 68.2 Å². The molecule has 0 amide bonds. The Morgan fingerprint density at radius 2 is 0.704 bits per heavy atom. The summed E-state index contributed by atoms with van der Waals surface area (Å²) in [5, 5.41) is 27.1. The normalized spacial score (nSPS) is 38.1. The second-order valence-corrected chi connectivity index (χ2v) is 17.9. The van der Waals surface area contributed by atoms with Crippen molar-refractivity contribution in [1.82, 2.24) is 10.6 Å². The molecule has 6 aliphatic heterocycles. The van der Waals surface area contributed by atoms with E-state index in [1.54, 1.807) is 0 Å². The Hall–Kier alpha value is -0.560. The second-order valence-electron chi connectivity index (χ2n) is 17.9. The topological polar surface area (TPSA) is 157 Å². The fraction of sp³-hybridized carbons (Fsp3) is 1.00. The summed E-state index contributed by atoms with van der Waals surface area (Å²) in [6.07, 6.45) is 9.41. The van der Waals surface area contributed by atoms with Gasteiger partial charge in [0, 0.05) is 25.3 Å². The Kier molecular flexibility index (Phi) is 14.5. The molecule has 0 spiro atoms. The van der Waals surface area contributed by atoms with Crippen molar-refractivity contribution in [2.45, 2.75) is 229 Å². The Balaban J connectivity index is 0.824. The third-order valence-corrected chi connectivity index (χ3v) is 11.5. The van der Waals surface area contributed by atoms with Crippen LogP contribution in [0, 0.1) is 0 Å². The van der Waals surface area contributed by atoms with Crippen LogP contribution in [0.1, 0.15) is 132 Å². The predicted octanol–water partition coefficient (Wildman–Crippen LogP) is 4.36. The number of ether oxygens (including phenoxy) is 10. The number of fused-ring (bicyclic) bond motifs is 6. The van der Waals surface area contributed by atoms with E-state index in [1.165, 1.54) is 51.4 Å². The maximum atomic E-state index is 9.90. The van der Waals surface area contributed by atoms with Crippen LogP contribution in [0.5, 0.6) is 0 Å². The van der Waals surface area contributed by atoms with Crippen LogP contribution < -0.4 is 10.6 Å². The van der Waals surface area contributed by atoms with Gasteiger partial charge in [-0.2, -0.15) is 0 Å². The van der Waals surface area contributed by atoms with E-state index in [0.29, 0.717) is 12.8 Å². The molecule has 314 valence electrons. The lowest BCUT2D eigenvalue weighted by Gasteiger charge is -2.41. The molecular weight excluding hydrogens is 700 g/mol.